The SMILES string of the molecule is COc1ccc(-c2nnc(SCC(=O)N3C[C@H](C)C[C@H](C)C3)o2)cc1OC. The van der Waals surface area contributed by atoms with E-state index in [0.29, 0.717) is 40.2 Å². The van der Waals surface area contributed by atoms with Crippen LogP contribution in [0.1, 0.15) is 20.3 Å². The molecule has 0 bridgehead atoms. The van der Waals surface area contributed by atoms with Crippen molar-refractivity contribution >= 4 is 17.7 Å². The van der Waals surface area contributed by atoms with Crippen molar-refractivity contribution in [3.05, 3.63) is 18.2 Å². The third kappa shape index (κ3) is 4.74. The summed E-state index contributed by atoms with van der Waals surface area (Å²) in [6.45, 7) is 6.03. The summed E-state index contributed by atoms with van der Waals surface area (Å²) in [5.74, 6) is 3.10. The molecule has 0 unspecified atom stereocenters. The van der Waals surface area contributed by atoms with E-state index in [1.54, 1.807) is 26.4 Å². The molecular weight excluding hydrogens is 366 g/mol. The number of hydrogen-bond acceptors (Lipinski definition) is 7. The Bertz CT molecular complexity index is 785. The minimum Gasteiger partial charge on any atom is -0.493 e. The lowest BCUT2D eigenvalue weighted by Crippen LogP contribution is -2.43. The van der Waals surface area contributed by atoms with Gasteiger partial charge >= 0.3 is 0 Å². The van der Waals surface area contributed by atoms with Gasteiger partial charge < -0.3 is 18.8 Å². The summed E-state index contributed by atoms with van der Waals surface area (Å²) < 4.78 is 16.2. The van der Waals surface area contributed by atoms with Gasteiger partial charge in [0.2, 0.25) is 11.8 Å². The summed E-state index contributed by atoms with van der Waals surface area (Å²) in [4.78, 5) is 14.4. The molecule has 0 N–H and O–H groups in total. The van der Waals surface area contributed by atoms with Crippen LogP contribution in [-0.2, 0) is 4.79 Å². The van der Waals surface area contributed by atoms with Gasteiger partial charge in [-0.05, 0) is 36.5 Å². The van der Waals surface area contributed by atoms with Gasteiger partial charge in [-0.1, -0.05) is 25.6 Å². The number of ether oxygens (including phenoxy) is 2. The highest BCUT2D eigenvalue weighted by Gasteiger charge is 2.25. The molecular formula is C19H25N3O4S. The molecule has 8 heteroatoms. The van der Waals surface area contributed by atoms with Crippen LogP contribution in [0.3, 0.4) is 0 Å². The molecule has 2 atom stereocenters. The first kappa shape index (κ1) is 19.5. The molecule has 2 aromatic rings. The van der Waals surface area contributed by atoms with Crippen LogP contribution in [0.15, 0.2) is 27.8 Å². The second kappa shape index (κ2) is 8.65. The summed E-state index contributed by atoms with van der Waals surface area (Å²) in [7, 11) is 3.16. The normalized spacial score (nSPS) is 19.8. The van der Waals surface area contributed by atoms with Crippen LogP contribution >= 0.6 is 11.8 Å². The van der Waals surface area contributed by atoms with Crippen LogP contribution in [0.5, 0.6) is 11.5 Å². The third-order valence-corrected chi connectivity index (χ3v) is 5.38. The van der Waals surface area contributed by atoms with Gasteiger partial charge in [0.1, 0.15) is 0 Å². The highest BCUT2D eigenvalue weighted by Crippen LogP contribution is 2.32. The summed E-state index contributed by atoms with van der Waals surface area (Å²) in [5.41, 5.74) is 0.733. The fraction of sp³-hybridized carbons (Fsp3) is 0.526. The van der Waals surface area contributed by atoms with E-state index >= 15 is 0 Å². The molecule has 1 fully saturated rings. The Labute approximate surface area is 163 Å². The predicted octanol–water partition coefficient (Wildman–Crippen LogP) is 3.35. The summed E-state index contributed by atoms with van der Waals surface area (Å²) >= 11 is 1.27. The van der Waals surface area contributed by atoms with Crippen LogP contribution in [0.4, 0.5) is 0 Å². The largest absolute Gasteiger partial charge is 0.493 e. The van der Waals surface area contributed by atoms with E-state index in [1.807, 2.05) is 11.0 Å². The highest BCUT2D eigenvalue weighted by atomic mass is 32.2. The Morgan fingerprint density at radius 1 is 1.19 bits per heavy atom. The molecule has 0 aliphatic carbocycles. The molecule has 1 aliphatic heterocycles. The molecule has 1 aromatic carbocycles. The van der Waals surface area contributed by atoms with Crippen molar-refractivity contribution in [3.8, 4) is 23.0 Å². The van der Waals surface area contributed by atoms with Crippen molar-refractivity contribution < 1.29 is 18.7 Å². The molecule has 1 aliphatic rings. The first-order valence-electron chi connectivity index (χ1n) is 8.96. The smallest absolute Gasteiger partial charge is 0.277 e. The van der Waals surface area contributed by atoms with Gasteiger partial charge in [0.15, 0.2) is 11.5 Å². The van der Waals surface area contributed by atoms with E-state index in [0.717, 1.165) is 18.7 Å². The molecule has 27 heavy (non-hydrogen) atoms. The molecule has 146 valence electrons. The second-order valence-electron chi connectivity index (χ2n) is 6.98. The lowest BCUT2D eigenvalue weighted by atomic mass is 9.92. The van der Waals surface area contributed by atoms with E-state index in [2.05, 4.69) is 24.0 Å². The van der Waals surface area contributed by atoms with Crippen molar-refractivity contribution in [2.24, 2.45) is 11.8 Å². The van der Waals surface area contributed by atoms with Crippen molar-refractivity contribution in [2.45, 2.75) is 25.5 Å². The van der Waals surface area contributed by atoms with Gasteiger partial charge in [0, 0.05) is 18.7 Å². The monoisotopic (exact) mass is 391 g/mol. The molecule has 3 rings (SSSR count). The standard InChI is InChI=1S/C19H25N3O4S/c1-12-7-13(2)10-22(9-12)17(23)11-27-19-21-20-18(26-19)14-5-6-15(24-3)16(8-14)25-4/h5-6,8,12-13H,7,9-11H2,1-4H3/t12-,13+. The molecule has 0 saturated carbocycles. The minimum absolute atomic E-state index is 0.115. The number of thioether (sulfide) groups is 1. The van der Waals surface area contributed by atoms with Gasteiger partial charge in [-0.25, -0.2) is 0 Å². The lowest BCUT2D eigenvalue weighted by molar-refractivity contribution is -0.130. The number of nitrogens with zero attached hydrogens (tertiary/aromatic N) is 3. The van der Waals surface area contributed by atoms with Gasteiger partial charge in [-0.2, -0.15) is 0 Å². The number of likely N-dealkylation sites (tertiary alicyclic amines) is 1. The highest BCUT2D eigenvalue weighted by molar-refractivity contribution is 7.99. The number of carbonyl (C=O) groups is 1. The van der Waals surface area contributed by atoms with E-state index in [-0.39, 0.29) is 5.91 Å². The topological polar surface area (TPSA) is 77.7 Å². The van der Waals surface area contributed by atoms with Gasteiger partial charge in [0.25, 0.3) is 5.22 Å². The van der Waals surface area contributed by atoms with Crippen LogP contribution in [0.2, 0.25) is 0 Å². The summed E-state index contributed by atoms with van der Waals surface area (Å²) in [6.07, 6.45) is 1.18. The quantitative estimate of drug-likeness (QED) is 0.699. The maximum atomic E-state index is 12.5. The van der Waals surface area contributed by atoms with Crippen molar-refractivity contribution in [1.29, 1.82) is 0 Å². The summed E-state index contributed by atoms with van der Waals surface area (Å²) in [5, 5.41) is 8.50. The molecule has 0 spiro atoms. The molecule has 7 nitrogen and oxygen atoms in total. The Balaban J connectivity index is 1.62. The average Bonchev–Trinajstić information content (AvgIpc) is 3.13. The van der Waals surface area contributed by atoms with Gasteiger partial charge in [-0.15, -0.1) is 10.2 Å². The zero-order chi connectivity index (χ0) is 19.4. The minimum atomic E-state index is 0.115. The van der Waals surface area contributed by atoms with Crippen LogP contribution < -0.4 is 9.47 Å². The van der Waals surface area contributed by atoms with Crippen molar-refractivity contribution in [1.82, 2.24) is 15.1 Å². The molecule has 1 aromatic heterocycles. The van der Waals surface area contributed by atoms with Crippen LogP contribution in [-0.4, -0.2) is 54.1 Å². The first-order chi connectivity index (χ1) is 13.0. The zero-order valence-electron chi connectivity index (χ0n) is 16.1. The number of hydrogen-bond donors (Lipinski definition) is 0. The number of methoxy groups -OCH3 is 2. The predicted molar refractivity (Wildman–Crippen MR) is 103 cm³/mol. The van der Waals surface area contributed by atoms with E-state index in [1.165, 1.54) is 18.2 Å². The van der Waals surface area contributed by atoms with Crippen LogP contribution in [0.25, 0.3) is 11.5 Å². The third-order valence-electron chi connectivity index (χ3n) is 4.58. The van der Waals surface area contributed by atoms with Gasteiger partial charge in [-0.3, -0.25) is 4.79 Å². The Morgan fingerprint density at radius 2 is 1.89 bits per heavy atom. The Hall–Kier alpha value is -2.22. The number of rotatable bonds is 6. The second-order valence-corrected chi connectivity index (χ2v) is 7.90. The van der Waals surface area contributed by atoms with Crippen LogP contribution in [0, 0.1) is 11.8 Å². The average molecular weight is 391 g/mol. The number of carbonyl (C=O) groups excluding carboxylic acids is 1. The number of aromatic nitrogens is 2. The number of piperidine rings is 1. The molecule has 2 heterocycles. The lowest BCUT2D eigenvalue weighted by Gasteiger charge is -2.34. The van der Waals surface area contributed by atoms with E-state index in [4.69, 9.17) is 13.9 Å². The van der Waals surface area contributed by atoms with Gasteiger partial charge in [0.05, 0.1) is 20.0 Å². The fourth-order valence-corrected chi connectivity index (χ4v) is 4.10. The first-order valence-corrected chi connectivity index (χ1v) is 9.95. The number of benzene rings is 1. The number of amides is 1. The molecule has 1 saturated heterocycles. The maximum absolute atomic E-state index is 12.5. The molecule has 1 amide bonds. The molecule has 0 radical (unpaired) electrons. The Morgan fingerprint density at radius 3 is 2.56 bits per heavy atom. The summed E-state index contributed by atoms with van der Waals surface area (Å²) in [6, 6.07) is 5.39. The fourth-order valence-electron chi connectivity index (χ4n) is 3.44. The van der Waals surface area contributed by atoms with E-state index < -0.39 is 0 Å². The Kier molecular flexibility index (Phi) is 6.26. The maximum Gasteiger partial charge on any atom is 0.277 e. The van der Waals surface area contributed by atoms with Crippen molar-refractivity contribution in [2.75, 3.05) is 33.1 Å². The van der Waals surface area contributed by atoms with E-state index in [9.17, 15) is 4.79 Å². The zero-order valence-corrected chi connectivity index (χ0v) is 16.9. The van der Waals surface area contributed by atoms with Crippen molar-refractivity contribution in [3.63, 3.8) is 0 Å².